The molecule has 1 aliphatic heterocycles. The van der Waals surface area contributed by atoms with Crippen LogP contribution >= 0.6 is 0 Å². The molecule has 0 saturated heterocycles. The van der Waals surface area contributed by atoms with Gasteiger partial charge in [0.05, 0.1) is 26.9 Å². The number of methoxy groups -OCH3 is 3. The Labute approximate surface area is 163 Å². The molecule has 6 nitrogen and oxygen atoms in total. The molecule has 0 spiro atoms. The number of hydrogen-bond donors (Lipinski definition) is 2. The summed E-state index contributed by atoms with van der Waals surface area (Å²) in [7, 11) is 4.73. The zero-order valence-corrected chi connectivity index (χ0v) is 16.2. The molecule has 1 aliphatic rings. The highest BCUT2D eigenvalue weighted by atomic mass is 16.5. The van der Waals surface area contributed by atoms with Gasteiger partial charge in [0, 0.05) is 35.7 Å². The third-order valence-corrected chi connectivity index (χ3v) is 5.33. The number of nitrogens with one attached hydrogen (secondary N) is 2. The summed E-state index contributed by atoms with van der Waals surface area (Å²) >= 11 is 0. The fourth-order valence-electron chi connectivity index (χ4n) is 4.04. The molecule has 1 aromatic heterocycles. The Kier molecular flexibility index (Phi) is 5.07. The van der Waals surface area contributed by atoms with Gasteiger partial charge in [0.25, 0.3) is 0 Å². The van der Waals surface area contributed by atoms with Crippen LogP contribution in [0.5, 0.6) is 5.75 Å². The van der Waals surface area contributed by atoms with E-state index in [0.717, 1.165) is 39.0 Å². The first kappa shape index (κ1) is 18.5. The van der Waals surface area contributed by atoms with Gasteiger partial charge >= 0.3 is 5.97 Å². The van der Waals surface area contributed by atoms with Crippen molar-refractivity contribution in [2.24, 2.45) is 0 Å². The number of aromatic amines is 1. The Hall–Kier alpha value is -2.83. The molecule has 2 heterocycles. The van der Waals surface area contributed by atoms with Gasteiger partial charge in [0.1, 0.15) is 11.8 Å². The first-order valence-corrected chi connectivity index (χ1v) is 9.25. The number of ether oxygens (including phenoxy) is 3. The van der Waals surface area contributed by atoms with Gasteiger partial charge in [-0.05, 0) is 29.3 Å². The summed E-state index contributed by atoms with van der Waals surface area (Å²) in [5.74, 6) is 0.523. The van der Waals surface area contributed by atoms with E-state index in [0.29, 0.717) is 13.0 Å². The Morgan fingerprint density at radius 2 is 1.96 bits per heavy atom. The maximum atomic E-state index is 12.3. The van der Waals surface area contributed by atoms with Gasteiger partial charge in [-0.25, -0.2) is 0 Å². The van der Waals surface area contributed by atoms with E-state index in [-0.39, 0.29) is 12.0 Å². The molecule has 4 rings (SSSR count). The van der Waals surface area contributed by atoms with Crippen LogP contribution in [0.1, 0.15) is 28.4 Å². The lowest BCUT2D eigenvalue weighted by Crippen LogP contribution is -2.45. The molecule has 0 aliphatic carbocycles. The van der Waals surface area contributed by atoms with E-state index < -0.39 is 6.04 Å². The van der Waals surface area contributed by atoms with Gasteiger partial charge in [0.15, 0.2) is 0 Å². The Morgan fingerprint density at radius 1 is 1.14 bits per heavy atom. The number of esters is 1. The number of aromatic nitrogens is 1. The summed E-state index contributed by atoms with van der Waals surface area (Å²) < 4.78 is 15.8. The van der Waals surface area contributed by atoms with Crippen LogP contribution in [0.3, 0.4) is 0 Å². The molecule has 2 N–H and O–H groups in total. The van der Waals surface area contributed by atoms with E-state index in [2.05, 4.69) is 28.5 Å². The number of hydrogen-bond acceptors (Lipinski definition) is 5. The molecule has 0 saturated carbocycles. The number of rotatable bonds is 5. The van der Waals surface area contributed by atoms with Crippen LogP contribution in [0, 0.1) is 0 Å². The lowest BCUT2D eigenvalue weighted by molar-refractivity contribution is -0.143. The van der Waals surface area contributed by atoms with Gasteiger partial charge < -0.3 is 19.2 Å². The van der Waals surface area contributed by atoms with Crippen molar-refractivity contribution in [2.75, 3.05) is 21.3 Å². The van der Waals surface area contributed by atoms with Crippen LogP contribution in [0.15, 0.2) is 42.5 Å². The van der Waals surface area contributed by atoms with Crippen LogP contribution in [0.2, 0.25) is 0 Å². The molecule has 0 unspecified atom stereocenters. The summed E-state index contributed by atoms with van der Waals surface area (Å²) in [6.45, 7) is 0.448. The first-order chi connectivity index (χ1) is 13.7. The summed E-state index contributed by atoms with van der Waals surface area (Å²) in [6, 6.07) is 13.6. The Morgan fingerprint density at radius 3 is 2.71 bits per heavy atom. The number of fused-ring (bicyclic) bond motifs is 3. The predicted molar refractivity (Wildman–Crippen MR) is 106 cm³/mol. The molecule has 3 aromatic rings. The van der Waals surface area contributed by atoms with Crippen LogP contribution in [0.4, 0.5) is 0 Å². The lowest BCUT2D eigenvalue weighted by Gasteiger charge is -2.30. The first-order valence-electron chi connectivity index (χ1n) is 9.25. The van der Waals surface area contributed by atoms with Crippen LogP contribution < -0.4 is 10.1 Å². The molecule has 0 bridgehead atoms. The highest BCUT2D eigenvalue weighted by Gasteiger charge is 2.34. The van der Waals surface area contributed by atoms with Crippen molar-refractivity contribution in [3.8, 4) is 5.75 Å². The minimum Gasteiger partial charge on any atom is -0.496 e. The van der Waals surface area contributed by atoms with E-state index in [4.69, 9.17) is 14.2 Å². The molecule has 146 valence electrons. The van der Waals surface area contributed by atoms with Crippen LogP contribution in [-0.2, 0) is 27.3 Å². The van der Waals surface area contributed by atoms with Crippen LogP contribution in [0.25, 0.3) is 10.9 Å². The summed E-state index contributed by atoms with van der Waals surface area (Å²) in [4.78, 5) is 15.9. The van der Waals surface area contributed by atoms with Crippen molar-refractivity contribution in [3.63, 3.8) is 0 Å². The molecular formula is C22H24N2O4. The maximum absolute atomic E-state index is 12.3. The number of carbonyl (C=O) groups excluding carboxylic acids is 1. The molecule has 0 radical (unpaired) electrons. The second-order valence-corrected chi connectivity index (χ2v) is 6.95. The zero-order chi connectivity index (χ0) is 19.7. The maximum Gasteiger partial charge on any atom is 0.323 e. The van der Waals surface area contributed by atoms with Gasteiger partial charge in [-0.3, -0.25) is 10.1 Å². The number of benzene rings is 2. The normalized spacial score (nSPS) is 18.7. The minimum atomic E-state index is -0.408. The highest BCUT2D eigenvalue weighted by molar-refractivity contribution is 5.87. The number of para-hydroxylation sites is 1. The van der Waals surface area contributed by atoms with Gasteiger partial charge in [0.2, 0.25) is 0 Å². The fourth-order valence-corrected chi connectivity index (χ4v) is 4.04. The number of H-pyrrole nitrogens is 1. The van der Waals surface area contributed by atoms with Crippen molar-refractivity contribution < 1.29 is 19.0 Å². The highest BCUT2D eigenvalue weighted by Crippen LogP contribution is 2.36. The fraction of sp³-hybridized carbons (Fsp3) is 0.318. The smallest absolute Gasteiger partial charge is 0.323 e. The van der Waals surface area contributed by atoms with Crippen molar-refractivity contribution >= 4 is 16.9 Å². The lowest BCUT2D eigenvalue weighted by atomic mass is 9.89. The molecular weight excluding hydrogens is 356 g/mol. The second-order valence-electron chi connectivity index (χ2n) is 6.95. The van der Waals surface area contributed by atoms with Gasteiger partial charge in [-0.1, -0.05) is 24.3 Å². The SMILES string of the molecule is COCc1cc([C@@H]2N[C@H](C(=O)OC)Cc3c2[nH]c2ccccc32)ccc1OC. The molecule has 0 fully saturated rings. The van der Waals surface area contributed by atoms with Crippen molar-refractivity contribution in [3.05, 3.63) is 64.8 Å². The largest absolute Gasteiger partial charge is 0.496 e. The molecule has 2 atom stereocenters. The minimum absolute atomic E-state index is 0.165. The van der Waals surface area contributed by atoms with E-state index >= 15 is 0 Å². The van der Waals surface area contributed by atoms with E-state index in [1.54, 1.807) is 14.2 Å². The van der Waals surface area contributed by atoms with Crippen LogP contribution in [-0.4, -0.2) is 38.3 Å². The Balaban J connectivity index is 1.84. The topological polar surface area (TPSA) is 72.6 Å². The van der Waals surface area contributed by atoms with Crippen molar-refractivity contribution in [1.29, 1.82) is 0 Å². The van der Waals surface area contributed by atoms with Gasteiger partial charge in [-0.2, -0.15) is 0 Å². The quantitative estimate of drug-likeness (QED) is 0.666. The zero-order valence-electron chi connectivity index (χ0n) is 16.2. The third-order valence-electron chi connectivity index (χ3n) is 5.33. The average molecular weight is 380 g/mol. The summed E-state index contributed by atoms with van der Waals surface area (Å²) in [6.07, 6.45) is 0.587. The predicted octanol–water partition coefficient (Wildman–Crippen LogP) is 3.10. The number of carbonyl (C=O) groups is 1. The summed E-state index contributed by atoms with van der Waals surface area (Å²) in [5.41, 5.74) is 5.29. The standard InChI is InChI=1S/C22H24N2O4/c1-26-12-14-10-13(8-9-19(14)27-2)20-21-16(11-18(24-20)22(25)28-3)15-6-4-5-7-17(15)23-21/h4-10,18,20,23-24H,11-12H2,1-3H3/t18-,20-/m0/s1. The van der Waals surface area contributed by atoms with Crippen molar-refractivity contribution in [1.82, 2.24) is 10.3 Å². The van der Waals surface area contributed by atoms with E-state index in [1.807, 2.05) is 24.3 Å². The van der Waals surface area contributed by atoms with Gasteiger partial charge in [-0.15, -0.1) is 0 Å². The second kappa shape index (κ2) is 7.66. The monoisotopic (exact) mass is 380 g/mol. The van der Waals surface area contributed by atoms with E-state index in [9.17, 15) is 4.79 Å². The molecule has 6 heteroatoms. The van der Waals surface area contributed by atoms with E-state index in [1.165, 1.54) is 7.11 Å². The summed E-state index contributed by atoms with van der Waals surface area (Å²) in [5, 5.41) is 4.60. The van der Waals surface area contributed by atoms with Crippen molar-refractivity contribution in [2.45, 2.75) is 25.1 Å². The Bertz CT molecular complexity index is 1010. The molecule has 2 aromatic carbocycles. The third kappa shape index (κ3) is 3.15. The molecule has 0 amide bonds. The molecule has 28 heavy (non-hydrogen) atoms. The average Bonchev–Trinajstić information content (AvgIpc) is 3.11.